The summed E-state index contributed by atoms with van der Waals surface area (Å²) in [5.41, 5.74) is 0.282. The van der Waals surface area contributed by atoms with Crippen molar-refractivity contribution < 1.29 is 9.90 Å². The van der Waals surface area contributed by atoms with Crippen molar-refractivity contribution in [2.45, 2.75) is 33.6 Å². The molecule has 0 radical (unpaired) electrons. The molecule has 1 aliphatic heterocycles. The Kier molecular flexibility index (Phi) is 2.98. The second kappa shape index (κ2) is 4.17. The van der Waals surface area contributed by atoms with Crippen LogP contribution in [0.2, 0.25) is 0 Å². The van der Waals surface area contributed by atoms with Crippen molar-refractivity contribution in [3.05, 3.63) is 11.3 Å². The Morgan fingerprint density at radius 1 is 1.41 bits per heavy atom. The van der Waals surface area contributed by atoms with Crippen LogP contribution >= 0.6 is 0 Å². The summed E-state index contributed by atoms with van der Waals surface area (Å²) in [6.45, 7) is 7.68. The molecule has 17 heavy (non-hydrogen) atoms. The molecular weight excluding hydrogens is 216 g/mol. The number of allylic oxidation sites excluding steroid dienone is 1. The number of Topliss-reactive ketones (excluding diaryl/α,β-unsaturated/α-hetero) is 1. The monoisotopic (exact) mass is 236 g/mol. The highest BCUT2D eigenvalue weighted by atomic mass is 16.3. The predicted octanol–water partition coefficient (Wildman–Crippen LogP) is 1.83. The van der Waals surface area contributed by atoms with Crippen LogP contribution < -0.4 is 5.32 Å². The van der Waals surface area contributed by atoms with E-state index in [-0.39, 0.29) is 17.0 Å². The number of carbonyl (C=O) groups is 1. The Morgan fingerprint density at radius 3 is 2.59 bits per heavy atom. The largest absolute Gasteiger partial charge is 0.511 e. The van der Waals surface area contributed by atoms with E-state index in [2.05, 4.69) is 31.1 Å². The van der Waals surface area contributed by atoms with Gasteiger partial charge in [-0.15, -0.1) is 0 Å². The van der Waals surface area contributed by atoms with E-state index >= 15 is 0 Å². The molecule has 0 aromatic rings. The molecule has 0 saturated carbocycles. The number of carbonyl (C=O) groups excluding carboxylic acids is 1. The fourth-order valence-corrected chi connectivity index (χ4v) is 2.39. The van der Waals surface area contributed by atoms with Gasteiger partial charge in [0.25, 0.3) is 0 Å². The van der Waals surface area contributed by atoms with E-state index in [9.17, 15) is 9.90 Å². The first kappa shape index (κ1) is 12.1. The molecule has 0 amide bonds. The molecule has 2 rings (SSSR count). The summed E-state index contributed by atoms with van der Waals surface area (Å²) in [6, 6.07) is 0. The first-order chi connectivity index (χ1) is 7.94. The number of nitrogens with one attached hydrogen (secondary N) is 1. The van der Waals surface area contributed by atoms with Gasteiger partial charge in [-0.2, -0.15) is 0 Å². The van der Waals surface area contributed by atoms with Gasteiger partial charge in [0.2, 0.25) is 0 Å². The number of ketones is 1. The molecule has 0 aromatic carbocycles. The molecule has 0 aromatic heterocycles. The van der Waals surface area contributed by atoms with Gasteiger partial charge in [-0.05, 0) is 11.3 Å². The zero-order valence-corrected chi connectivity index (χ0v) is 10.7. The van der Waals surface area contributed by atoms with Crippen molar-refractivity contribution in [2.75, 3.05) is 13.1 Å². The molecule has 1 atom stereocenters. The van der Waals surface area contributed by atoms with Crippen LogP contribution in [-0.4, -0.2) is 29.8 Å². The lowest BCUT2D eigenvalue weighted by molar-refractivity contribution is -0.119. The first-order valence-corrected chi connectivity index (χ1v) is 6.18. The van der Waals surface area contributed by atoms with Gasteiger partial charge < -0.3 is 10.4 Å². The van der Waals surface area contributed by atoms with Crippen LogP contribution in [0.3, 0.4) is 0 Å². The van der Waals surface area contributed by atoms with Crippen LogP contribution in [0.25, 0.3) is 0 Å². The second-order valence-electron chi connectivity index (χ2n) is 5.56. The second-order valence-corrected chi connectivity index (χ2v) is 5.56. The van der Waals surface area contributed by atoms with Crippen molar-refractivity contribution in [3.8, 4) is 0 Å². The average molecular weight is 236 g/mol. The van der Waals surface area contributed by atoms with Crippen LogP contribution in [0.5, 0.6) is 0 Å². The third-order valence-corrected chi connectivity index (χ3v) is 4.01. The maximum absolute atomic E-state index is 12.2. The topological polar surface area (TPSA) is 61.7 Å². The van der Waals surface area contributed by atoms with Gasteiger partial charge >= 0.3 is 0 Å². The Balaban J connectivity index is 2.32. The number of aliphatic imine (C=N–C) groups is 1. The molecule has 94 valence electrons. The molecule has 1 unspecified atom stereocenters. The van der Waals surface area contributed by atoms with E-state index in [0.29, 0.717) is 36.7 Å². The van der Waals surface area contributed by atoms with Crippen LogP contribution in [0, 0.1) is 11.3 Å². The van der Waals surface area contributed by atoms with Gasteiger partial charge in [0.05, 0.1) is 12.1 Å². The minimum absolute atomic E-state index is 0.0121. The van der Waals surface area contributed by atoms with Gasteiger partial charge in [0.15, 0.2) is 5.78 Å². The molecule has 1 aliphatic carbocycles. The Hall–Kier alpha value is -1.32. The third-order valence-electron chi connectivity index (χ3n) is 4.01. The molecule has 0 saturated heterocycles. The zero-order valence-electron chi connectivity index (χ0n) is 10.7. The van der Waals surface area contributed by atoms with Gasteiger partial charge in [0.1, 0.15) is 11.6 Å². The Morgan fingerprint density at radius 2 is 2.12 bits per heavy atom. The van der Waals surface area contributed by atoms with Crippen LogP contribution in [-0.2, 0) is 4.79 Å². The minimum Gasteiger partial charge on any atom is -0.511 e. The lowest BCUT2D eigenvalue weighted by atomic mass is 9.68. The SMILES string of the molecule is CC(C)C1(C)CC(=O)C(C2=NCCN2)=C(O)C1. The summed E-state index contributed by atoms with van der Waals surface area (Å²) in [4.78, 5) is 16.4. The summed E-state index contributed by atoms with van der Waals surface area (Å²) in [5.74, 6) is 1.16. The van der Waals surface area contributed by atoms with Crippen molar-refractivity contribution in [1.82, 2.24) is 5.32 Å². The minimum atomic E-state index is -0.135. The number of amidine groups is 1. The van der Waals surface area contributed by atoms with E-state index in [0.717, 1.165) is 6.54 Å². The summed E-state index contributed by atoms with van der Waals surface area (Å²) < 4.78 is 0. The van der Waals surface area contributed by atoms with E-state index in [1.165, 1.54) is 0 Å². The van der Waals surface area contributed by atoms with Crippen molar-refractivity contribution in [3.63, 3.8) is 0 Å². The molecule has 4 heteroatoms. The molecule has 0 fully saturated rings. The summed E-state index contributed by atoms with van der Waals surface area (Å²) >= 11 is 0. The number of hydrogen-bond donors (Lipinski definition) is 2. The van der Waals surface area contributed by atoms with E-state index in [4.69, 9.17) is 0 Å². The maximum Gasteiger partial charge on any atom is 0.170 e. The van der Waals surface area contributed by atoms with Crippen LogP contribution in [0.15, 0.2) is 16.3 Å². The highest BCUT2D eigenvalue weighted by molar-refractivity contribution is 6.22. The van der Waals surface area contributed by atoms with Gasteiger partial charge in [-0.1, -0.05) is 20.8 Å². The van der Waals surface area contributed by atoms with Crippen LogP contribution in [0.1, 0.15) is 33.6 Å². The highest BCUT2D eigenvalue weighted by Gasteiger charge is 2.40. The van der Waals surface area contributed by atoms with Crippen molar-refractivity contribution in [2.24, 2.45) is 16.3 Å². The number of aliphatic hydroxyl groups excluding tert-OH is 1. The van der Waals surface area contributed by atoms with Gasteiger partial charge in [0, 0.05) is 19.4 Å². The van der Waals surface area contributed by atoms with Gasteiger partial charge in [-0.25, -0.2) is 0 Å². The summed E-state index contributed by atoms with van der Waals surface area (Å²) in [6.07, 6.45) is 1.05. The number of nitrogens with zero attached hydrogens (tertiary/aromatic N) is 1. The number of hydrogen-bond acceptors (Lipinski definition) is 4. The van der Waals surface area contributed by atoms with Crippen molar-refractivity contribution in [1.29, 1.82) is 0 Å². The summed E-state index contributed by atoms with van der Waals surface area (Å²) in [7, 11) is 0. The fourth-order valence-electron chi connectivity index (χ4n) is 2.39. The smallest absolute Gasteiger partial charge is 0.170 e. The number of aliphatic hydroxyl groups is 1. The average Bonchev–Trinajstić information content (AvgIpc) is 2.69. The molecular formula is C13H20N2O2. The molecule has 1 heterocycles. The van der Waals surface area contributed by atoms with Crippen LogP contribution in [0.4, 0.5) is 0 Å². The fraction of sp³-hybridized carbons (Fsp3) is 0.692. The molecule has 2 N–H and O–H groups in total. The van der Waals surface area contributed by atoms with Gasteiger partial charge in [-0.3, -0.25) is 9.79 Å². The van der Waals surface area contributed by atoms with Crippen molar-refractivity contribution >= 4 is 11.6 Å². The molecule has 2 aliphatic rings. The summed E-state index contributed by atoms with van der Waals surface area (Å²) in [5, 5.41) is 13.2. The first-order valence-electron chi connectivity index (χ1n) is 6.18. The number of rotatable bonds is 2. The molecule has 4 nitrogen and oxygen atoms in total. The predicted molar refractivity (Wildman–Crippen MR) is 67.1 cm³/mol. The quantitative estimate of drug-likeness (QED) is 0.769. The lowest BCUT2D eigenvalue weighted by Crippen LogP contribution is -2.37. The Bertz CT molecular complexity index is 410. The molecule has 0 bridgehead atoms. The third kappa shape index (κ3) is 2.08. The Labute approximate surface area is 102 Å². The standard InChI is InChI=1S/C13H20N2O2/c1-8(2)13(3)6-9(16)11(10(17)7-13)12-14-4-5-15-12/h8,16H,4-7H2,1-3H3,(H,14,15). The molecule has 0 spiro atoms. The van der Waals surface area contributed by atoms with E-state index in [1.54, 1.807) is 0 Å². The maximum atomic E-state index is 12.2. The van der Waals surface area contributed by atoms with E-state index in [1.807, 2.05) is 0 Å². The highest BCUT2D eigenvalue weighted by Crippen LogP contribution is 2.42. The normalized spacial score (nSPS) is 29.6. The van der Waals surface area contributed by atoms with E-state index < -0.39 is 0 Å². The zero-order chi connectivity index (χ0) is 12.6. The lowest BCUT2D eigenvalue weighted by Gasteiger charge is -2.36.